The second kappa shape index (κ2) is 5.32. The van der Waals surface area contributed by atoms with Crippen LogP contribution in [0.5, 0.6) is 5.75 Å². The normalized spacial score (nSPS) is 16.1. The Morgan fingerprint density at radius 2 is 2.29 bits per heavy atom. The van der Waals surface area contributed by atoms with E-state index >= 15 is 0 Å². The Kier molecular flexibility index (Phi) is 3.79. The number of hydrogen-bond donors (Lipinski definition) is 1. The van der Waals surface area contributed by atoms with Crippen LogP contribution in [-0.4, -0.2) is 19.7 Å². The van der Waals surface area contributed by atoms with Crippen LogP contribution in [-0.2, 0) is 0 Å². The zero-order chi connectivity index (χ0) is 12.3. The molecule has 0 aromatic heterocycles. The molecule has 0 heterocycles. The first-order valence-electron chi connectivity index (χ1n) is 5.93. The van der Waals surface area contributed by atoms with Gasteiger partial charge in [0, 0.05) is 12.6 Å². The second-order valence-electron chi connectivity index (χ2n) is 4.54. The molecule has 0 saturated heterocycles. The summed E-state index contributed by atoms with van der Waals surface area (Å²) in [5, 5.41) is 3.43. The molecule has 0 aliphatic heterocycles. The minimum atomic E-state index is -0.316. The maximum absolute atomic E-state index is 13.5. The van der Waals surface area contributed by atoms with E-state index in [0.717, 1.165) is 12.1 Å². The minimum absolute atomic E-state index is 0.288. The number of ether oxygens (including phenoxy) is 1. The fourth-order valence-electron chi connectivity index (χ4n) is 1.70. The highest BCUT2D eigenvalue weighted by molar-refractivity contribution is 5.54. The van der Waals surface area contributed by atoms with Crippen molar-refractivity contribution in [3.8, 4) is 5.75 Å². The lowest BCUT2D eigenvalue weighted by Crippen LogP contribution is -2.18. The van der Waals surface area contributed by atoms with Gasteiger partial charge in [0.25, 0.3) is 0 Å². The van der Waals surface area contributed by atoms with Gasteiger partial charge in [0.05, 0.1) is 7.11 Å². The first-order chi connectivity index (χ1) is 8.19. The summed E-state index contributed by atoms with van der Waals surface area (Å²) in [4.78, 5) is 0. The Morgan fingerprint density at radius 1 is 1.53 bits per heavy atom. The topological polar surface area (TPSA) is 21.3 Å². The van der Waals surface area contributed by atoms with Crippen LogP contribution in [0.15, 0.2) is 23.8 Å². The molecule has 0 spiro atoms. The molecule has 1 saturated carbocycles. The van der Waals surface area contributed by atoms with E-state index in [0.29, 0.717) is 6.04 Å². The van der Waals surface area contributed by atoms with E-state index in [1.807, 2.05) is 12.1 Å². The Bertz CT molecular complexity index is 424. The Balaban J connectivity index is 2.00. The van der Waals surface area contributed by atoms with Crippen molar-refractivity contribution in [2.45, 2.75) is 25.8 Å². The summed E-state index contributed by atoms with van der Waals surface area (Å²) in [5.41, 5.74) is 2.08. The number of halogens is 1. The smallest absolute Gasteiger partial charge is 0.165 e. The van der Waals surface area contributed by atoms with Crippen molar-refractivity contribution in [2.24, 2.45) is 0 Å². The summed E-state index contributed by atoms with van der Waals surface area (Å²) < 4.78 is 18.3. The number of hydrogen-bond acceptors (Lipinski definition) is 2. The van der Waals surface area contributed by atoms with Gasteiger partial charge in [0.1, 0.15) is 0 Å². The molecule has 2 nitrogen and oxygen atoms in total. The lowest BCUT2D eigenvalue weighted by molar-refractivity contribution is 0.386. The van der Waals surface area contributed by atoms with Gasteiger partial charge in [-0.25, -0.2) is 4.39 Å². The van der Waals surface area contributed by atoms with Crippen molar-refractivity contribution in [1.29, 1.82) is 0 Å². The first kappa shape index (κ1) is 12.1. The van der Waals surface area contributed by atoms with E-state index in [2.05, 4.69) is 12.2 Å². The van der Waals surface area contributed by atoms with Crippen molar-refractivity contribution >= 4 is 6.08 Å². The lowest BCUT2D eigenvalue weighted by Gasteiger charge is -2.05. The van der Waals surface area contributed by atoms with E-state index in [4.69, 9.17) is 4.74 Å². The van der Waals surface area contributed by atoms with E-state index in [9.17, 15) is 4.39 Å². The van der Waals surface area contributed by atoms with Gasteiger partial charge in [-0.3, -0.25) is 0 Å². The molecule has 0 unspecified atom stereocenters. The molecule has 1 N–H and O–H groups in total. The molecule has 0 radical (unpaired) electrons. The van der Waals surface area contributed by atoms with E-state index in [1.165, 1.54) is 31.6 Å². The summed E-state index contributed by atoms with van der Waals surface area (Å²) in [6.07, 6.45) is 4.56. The second-order valence-corrected chi connectivity index (χ2v) is 4.54. The van der Waals surface area contributed by atoms with Gasteiger partial charge in [0.15, 0.2) is 11.6 Å². The zero-order valence-corrected chi connectivity index (χ0v) is 10.3. The molecule has 92 valence electrons. The van der Waals surface area contributed by atoms with Crippen molar-refractivity contribution in [2.75, 3.05) is 13.7 Å². The SMILES string of the molecule is COc1ccc(C=C(C)CNC2CC2)cc1F. The van der Waals surface area contributed by atoms with E-state index < -0.39 is 0 Å². The van der Waals surface area contributed by atoms with Crippen molar-refractivity contribution in [3.63, 3.8) is 0 Å². The fourth-order valence-corrected chi connectivity index (χ4v) is 1.70. The third kappa shape index (κ3) is 3.56. The van der Waals surface area contributed by atoms with Crippen LogP contribution < -0.4 is 10.1 Å². The number of nitrogens with one attached hydrogen (secondary N) is 1. The summed E-state index contributed by atoms with van der Waals surface area (Å²) >= 11 is 0. The fraction of sp³-hybridized carbons (Fsp3) is 0.429. The zero-order valence-electron chi connectivity index (χ0n) is 10.3. The average molecular weight is 235 g/mol. The lowest BCUT2D eigenvalue weighted by atomic mass is 10.1. The third-order valence-electron chi connectivity index (χ3n) is 2.84. The molecule has 1 aromatic carbocycles. The summed E-state index contributed by atoms with van der Waals surface area (Å²) in [6.45, 7) is 2.93. The van der Waals surface area contributed by atoms with Crippen molar-refractivity contribution in [1.82, 2.24) is 5.32 Å². The third-order valence-corrected chi connectivity index (χ3v) is 2.84. The van der Waals surface area contributed by atoms with Crippen LogP contribution in [0.1, 0.15) is 25.3 Å². The van der Waals surface area contributed by atoms with Gasteiger partial charge >= 0.3 is 0 Å². The molecular formula is C14H18FNO. The Morgan fingerprint density at radius 3 is 2.88 bits per heavy atom. The monoisotopic (exact) mass is 235 g/mol. The highest BCUT2D eigenvalue weighted by Gasteiger charge is 2.19. The first-order valence-corrected chi connectivity index (χ1v) is 5.93. The van der Waals surface area contributed by atoms with Gasteiger partial charge in [-0.1, -0.05) is 17.7 Å². The highest BCUT2D eigenvalue weighted by Crippen LogP contribution is 2.20. The Hall–Kier alpha value is -1.35. The molecule has 0 bridgehead atoms. The van der Waals surface area contributed by atoms with Crippen LogP contribution in [0.2, 0.25) is 0 Å². The van der Waals surface area contributed by atoms with Gasteiger partial charge in [-0.05, 0) is 37.5 Å². The van der Waals surface area contributed by atoms with Crippen LogP contribution in [0, 0.1) is 5.82 Å². The Labute approximate surface area is 101 Å². The number of rotatable bonds is 5. The quantitative estimate of drug-likeness (QED) is 0.847. The molecule has 0 amide bonds. The molecular weight excluding hydrogens is 217 g/mol. The maximum Gasteiger partial charge on any atom is 0.165 e. The summed E-state index contributed by atoms with van der Waals surface area (Å²) in [6, 6.07) is 5.72. The molecule has 1 aromatic rings. The summed E-state index contributed by atoms with van der Waals surface area (Å²) in [7, 11) is 1.47. The largest absolute Gasteiger partial charge is 0.494 e. The summed E-state index contributed by atoms with van der Waals surface area (Å²) in [5.74, 6) is -0.0277. The van der Waals surface area contributed by atoms with Gasteiger partial charge in [0.2, 0.25) is 0 Å². The van der Waals surface area contributed by atoms with Gasteiger partial charge in [-0.15, -0.1) is 0 Å². The van der Waals surface area contributed by atoms with Crippen LogP contribution in [0.4, 0.5) is 4.39 Å². The molecule has 2 rings (SSSR count). The molecule has 1 aliphatic carbocycles. The van der Waals surface area contributed by atoms with Crippen molar-refractivity contribution in [3.05, 3.63) is 35.2 Å². The van der Waals surface area contributed by atoms with Crippen LogP contribution in [0.25, 0.3) is 6.08 Å². The van der Waals surface area contributed by atoms with E-state index in [1.54, 1.807) is 6.07 Å². The molecule has 0 atom stereocenters. The highest BCUT2D eigenvalue weighted by atomic mass is 19.1. The standard InChI is InChI=1S/C14H18FNO/c1-10(9-16-12-4-5-12)7-11-3-6-14(17-2)13(15)8-11/h3,6-8,12,16H,4-5,9H2,1-2H3. The van der Waals surface area contributed by atoms with Crippen LogP contribution in [0.3, 0.4) is 0 Å². The average Bonchev–Trinajstić information content (AvgIpc) is 3.10. The molecule has 1 fully saturated rings. The van der Waals surface area contributed by atoms with Gasteiger partial charge < -0.3 is 10.1 Å². The predicted molar refractivity (Wildman–Crippen MR) is 67.6 cm³/mol. The number of methoxy groups -OCH3 is 1. The molecule has 17 heavy (non-hydrogen) atoms. The van der Waals surface area contributed by atoms with Crippen LogP contribution >= 0.6 is 0 Å². The predicted octanol–water partition coefficient (Wildman–Crippen LogP) is 2.99. The van der Waals surface area contributed by atoms with E-state index in [-0.39, 0.29) is 11.6 Å². The van der Waals surface area contributed by atoms with Crippen molar-refractivity contribution < 1.29 is 9.13 Å². The maximum atomic E-state index is 13.5. The van der Waals surface area contributed by atoms with Gasteiger partial charge in [-0.2, -0.15) is 0 Å². The molecule has 1 aliphatic rings. The molecule has 3 heteroatoms. The minimum Gasteiger partial charge on any atom is -0.494 e. The number of benzene rings is 1.